The molecule has 3 N–H and O–H groups in total. The Morgan fingerprint density at radius 3 is 2.50 bits per heavy atom. The number of benzene rings is 1. The van der Waals surface area contributed by atoms with Gasteiger partial charge >= 0.3 is 6.03 Å². The molecule has 20 heavy (non-hydrogen) atoms. The summed E-state index contributed by atoms with van der Waals surface area (Å²) in [7, 11) is 0. The molecule has 0 aliphatic rings. The summed E-state index contributed by atoms with van der Waals surface area (Å²) < 4.78 is 13.6. The van der Waals surface area contributed by atoms with Crippen molar-refractivity contribution in [3.05, 3.63) is 35.6 Å². The van der Waals surface area contributed by atoms with Crippen LogP contribution in [0.3, 0.4) is 0 Å². The zero-order valence-corrected chi connectivity index (χ0v) is 11.9. The zero-order chi connectivity index (χ0) is 15.1. The summed E-state index contributed by atoms with van der Waals surface area (Å²) in [5, 5.41) is 7.63. The van der Waals surface area contributed by atoms with Crippen molar-refractivity contribution < 1.29 is 14.0 Å². The Morgan fingerprint density at radius 1 is 1.25 bits per heavy atom. The van der Waals surface area contributed by atoms with Gasteiger partial charge in [-0.1, -0.05) is 18.2 Å². The van der Waals surface area contributed by atoms with Crippen LogP contribution in [0.4, 0.5) is 9.18 Å². The molecule has 0 heterocycles. The van der Waals surface area contributed by atoms with E-state index in [-0.39, 0.29) is 11.9 Å². The quantitative estimate of drug-likeness (QED) is 0.769. The lowest BCUT2D eigenvalue weighted by Gasteiger charge is -2.20. The number of amides is 3. The summed E-state index contributed by atoms with van der Waals surface area (Å²) in [4.78, 5) is 23.0. The van der Waals surface area contributed by atoms with Gasteiger partial charge in [0, 0.05) is 18.2 Å². The number of urea groups is 1. The molecule has 1 rings (SSSR count). The highest BCUT2D eigenvalue weighted by atomic mass is 19.1. The largest absolute Gasteiger partial charge is 0.338 e. The van der Waals surface area contributed by atoms with Crippen molar-refractivity contribution in [3.63, 3.8) is 0 Å². The van der Waals surface area contributed by atoms with Crippen molar-refractivity contribution in [1.82, 2.24) is 16.0 Å². The third-order valence-electron chi connectivity index (χ3n) is 2.84. The van der Waals surface area contributed by atoms with E-state index in [1.54, 1.807) is 39.0 Å². The van der Waals surface area contributed by atoms with Gasteiger partial charge in [0.25, 0.3) is 0 Å². The third-order valence-corrected chi connectivity index (χ3v) is 2.84. The molecule has 0 bridgehead atoms. The van der Waals surface area contributed by atoms with Crippen LogP contribution in [0.25, 0.3) is 0 Å². The van der Waals surface area contributed by atoms with E-state index in [9.17, 15) is 14.0 Å². The standard InChI is InChI=1S/C14H20FN3O2/c1-4-16-14(20)18-13(19)10(3)17-9(2)11-7-5-6-8-12(11)15/h5-10,17H,4H2,1-3H3,(H2,16,18,19,20). The molecule has 0 fully saturated rings. The second-order valence-corrected chi connectivity index (χ2v) is 4.48. The number of hydrogen-bond acceptors (Lipinski definition) is 3. The molecular formula is C14H20FN3O2. The second kappa shape index (κ2) is 7.59. The highest BCUT2D eigenvalue weighted by molar-refractivity contribution is 5.96. The Kier molecular flexibility index (Phi) is 6.11. The molecule has 0 radical (unpaired) electrons. The Labute approximate surface area is 117 Å². The van der Waals surface area contributed by atoms with Crippen molar-refractivity contribution >= 4 is 11.9 Å². The van der Waals surface area contributed by atoms with Gasteiger partial charge in [0.1, 0.15) is 5.82 Å². The SMILES string of the molecule is CCNC(=O)NC(=O)C(C)NC(C)c1ccccc1F. The van der Waals surface area contributed by atoms with Crippen molar-refractivity contribution in [2.24, 2.45) is 0 Å². The van der Waals surface area contributed by atoms with Crippen LogP contribution in [0.5, 0.6) is 0 Å². The van der Waals surface area contributed by atoms with Crippen molar-refractivity contribution in [3.8, 4) is 0 Å². The molecule has 3 amide bonds. The number of imide groups is 1. The maximum absolute atomic E-state index is 13.6. The topological polar surface area (TPSA) is 70.2 Å². The van der Waals surface area contributed by atoms with Crippen LogP contribution >= 0.6 is 0 Å². The number of carbonyl (C=O) groups is 2. The monoisotopic (exact) mass is 281 g/mol. The molecule has 0 aliphatic heterocycles. The van der Waals surface area contributed by atoms with Crippen LogP contribution in [0.15, 0.2) is 24.3 Å². The number of halogens is 1. The molecule has 0 saturated carbocycles. The summed E-state index contributed by atoms with van der Waals surface area (Å²) in [6.07, 6.45) is 0. The van der Waals surface area contributed by atoms with E-state index in [4.69, 9.17) is 0 Å². The first kappa shape index (κ1) is 16.1. The average Bonchev–Trinajstić information content (AvgIpc) is 2.39. The van der Waals surface area contributed by atoms with Crippen LogP contribution in [-0.2, 0) is 4.79 Å². The van der Waals surface area contributed by atoms with Gasteiger partial charge in [-0.3, -0.25) is 15.4 Å². The molecule has 1 aromatic carbocycles. The number of rotatable bonds is 5. The first-order valence-corrected chi connectivity index (χ1v) is 6.54. The van der Waals surface area contributed by atoms with E-state index < -0.39 is 18.0 Å². The summed E-state index contributed by atoms with van der Waals surface area (Å²) in [6.45, 7) is 5.57. The van der Waals surface area contributed by atoms with E-state index >= 15 is 0 Å². The van der Waals surface area contributed by atoms with Gasteiger partial charge in [0.05, 0.1) is 6.04 Å². The van der Waals surface area contributed by atoms with Crippen LogP contribution in [0, 0.1) is 5.82 Å². The van der Waals surface area contributed by atoms with E-state index in [1.165, 1.54) is 6.07 Å². The van der Waals surface area contributed by atoms with Gasteiger partial charge in [0.2, 0.25) is 5.91 Å². The van der Waals surface area contributed by atoms with Gasteiger partial charge < -0.3 is 5.32 Å². The highest BCUT2D eigenvalue weighted by Gasteiger charge is 2.19. The minimum atomic E-state index is -0.618. The average molecular weight is 281 g/mol. The molecule has 6 heteroatoms. The Morgan fingerprint density at radius 2 is 1.90 bits per heavy atom. The number of hydrogen-bond donors (Lipinski definition) is 3. The summed E-state index contributed by atoms with van der Waals surface area (Å²) in [5.41, 5.74) is 0.477. The Bertz CT molecular complexity index is 479. The van der Waals surface area contributed by atoms with E-state index in [2.05, 4.69) is 16.0 Å². The lowest BCUT2D eigenvalue weighted by Crippen LogP contribution is -2.48. The molecular weight excluding hydrogens is 261 g/mol. The second-order valence-electron chi connectivity index (χ2n) is 4.48. The Hall–Kier alpha value is -1.95. The van der Waals surface area contributed by atoms with Crippen LogP contribution in [0.1, 0.15) is 32.4 Å². The first-order chi connectivity index (χ1) is 9.45. The zero-order valence-electron chi connectivity index (χ0n) is 11.9. The molecule has 1 aromatic rings. The van der Waals surface area contributed by atoms with Crippen molar-refractivity contribution in [2.75, 3.05) is 6.54 Å². The summed E-state index contributed by atoms with van der Waals surface area (Å²) >= 11 is 0. The smallest absolute Gasteiger partial charge is 0.321 e. The fourth-order valence-corrected chi connectivity index (χ4v) is 1.79. The first-order valence-electron chi connectivity index (χ1n) is 6.54. The maximum Gasteiger partial charge on any atom is 0.321 e. The minimum absolute atomic E-state index is 0.330. The summed E-state index contributed by atoms with van der Waals surface area (Å²) in [6, 6.07) is 4.87. The number of nitrogens with one attached hydrogen (secondary N) is 3. The molecule has 0 aliphatic carbocycles. The fraction of sp³-hybridized carbons (Fsp3) is 0.429. The fourth-order valence-electron chi connectivity index (χ4n) is 1.79. The lowest BCUT2D eigenvalue weighted by molar-refractivity contribution is -0.121. The third kappa shape index (κ3) is 4.62. The molecule has 0 saturated heterocycles. The van der Waals surface area contributed by atoms with E-state index in [0.717, 1.165) is 0 Å². The van der Waals surface area contributed by atoms with E-state index in [1.807, 2.05) is 0 Å². The van der Waals surface area contributed by atoms with Crippen LogP contribution in [0.2, 0.25) is 0 Å². The molecule has 110 valence electrons. The van der Waals surface area contributed by atoms with Crippen LogP contribution < -0.4 is 16.0 Å². The maximum atomic E-state index is 13.6. The molecule has 5 nitrogen and oxygen atoms in total. The molecule has 2 unspecified atom stereocenters. The van der Waals surface area contributed by atoms with Gasteiger partial charge in [-0.05, 0) is 26.8 Å². The lowest BCUT2D eigenvalue weighted by atomic mass is 10.1. The summed E-state index contributed by atoms with van der Waals surface area (Å²) in [5.74, 6) is -0.789. The van der Waals surface area contributed by atoms with Gasteiger partial charge in [-0.15, -0.1) is 0 Å². The highest BCUT2D eigenvalue weighted by Crippen LogP contribution is 2.16. The van der Waals surface area contributed by atoms with Crippen molar-refractivity contribution in [1.29, 1.82) is 0 Å². The molecule has 0 aromatic heterocycles. The van der Waals surface area contributed by atoms with Crippen molar-refractivity contribution in [2.45, 2.75) is 32.9 Å². The van der Waals surface area contributed by atoms with Gasteiger partial charge in [-0.25, -0.2) is 9.18 Å². The van der Waals surface area contributed by atoms with Gasteiger partial charge in [-0.2, -0.15) is 0 Å². The van der Waals surface area contributed by atoms with Gasteiger partial charge in [0.15, 0.2) is 0 Å². The van der Waals surface area contributed by atoms with Crippen LogP contribution in [-0.4, -0.2) is 24.5 Å². The Balaban J connectivity index is 2.57. The number of carbonyl (C=O) groups excluding carboxylic acids is 2. The normalized spacial score (nSPS) is 13.4. The molecule has 2 atom stereocenters. The predicted molar refractivity (Wildman–Crippen MR) is 74.6 cm³/mol. The predicted octanol–water partition coefficient (Wildman–Crippen LogP) is 1.71. The molecule has 0 spiro atoms. The minimum Gasteiger partial charge on any atom is -0.338 e. The van der Waals surface area contributed by atoms with E-state index in [0.29, 0.717) is 12.1 Å².